The molecule has 0 spiro atoms. The topological polar surface area (TPSA) is 60.9 Å². The van der Waals surface area contributed by atoms with E-state index in [-0.39, 0.29) is 17.3 Å². The molecule has 7 heteroatoms. The number of halogens is 1. The highest BCUT2D eigenvalue weighted by Crippen LogP contribution is 2.65. The van der Waals surface area contributed by atoms with Gasteiger partial charge < -0.3 is 5.11 Å². The minimum atomic E-state index is -2.17. The first kappa shape index (κ1) is 25.2. The highest BCUT2D eigenvalue weighted by atomic mass is 32.2. The zero-order valence-corrected chi connectivity index (χ0v) is 22.2. The number of nitrogens with zero attached hydrogens (tertiary/aromatic N) is 2. The van der Waals surface area contributed by atoms with Crippen LogP contribution in [-0.2, 0) is 14.5 Å². The van der Waals surface area contributed by atoms with Crippen LogP contribution in [0.3, 0.4) is 0 Å². The molecule has 10 atom stereocenters. The van der Waals surface area contributed by atoms with Gasteiger partial charge in [-0.15, -0.1) is 0 Å². The van der Waals surface area contributed by atoms with Gasteiger partial charge in [-0.2, -0.15) is 0 Å². The molecule has 1 unspecified atom stereocenters. The van der Waals surface area contributed by atoms with Crippen molar-refractivity contribution in [2.24, 2.45) is 40.9 Å². The normalized spacial score (nSPS) is 49.5. The van der Waals surface area contributed by atoms with Crippen molar-refractivity contribution in [3.05, 3.63) is 0 Å². The summed E-state index contributed by atoms with van der Waals surface area (Å²) in [6.07, 6.45) is 8.07. The molecule has 0 aromatic carbocycles. The maximum Gasteiger partial charge on any atom is 0.150 e. The third-order valence-corrected chi connectivity index (χ3v) is 12.3. The summed E-state index contributed by atoms with van der Waals surface area (Å²) in [7, 11) is -2.17. The van der Waals surface area contributed by atoms with E-state index in [1.54, 1.807) is 6.26 Å². The summed E-state index contributed by atoms with van der Waals surface area (Å²) in [6.45, 7) is 7.64. The fraction of sp³-hybridized carbons (Fsp3) is 0.926. The molecule has 34 heavy (non-hydrogen) atoms. The number of carbonyl (C=O) groups excluding carboxylic acids is 1. The summed E-state index contributed by atoms with van der Waals surface area (Å²) in [5.74, 6) is 6.09. The lowest BCUT2D eigenvalue weighted by Gasteiger charge is -2.57. The number of rotatable bonds is 4. The van der Waals surface area contributed by atoms with E-state index in [4.69, 9.17) is 0 Å². The molecule has 5 nitrogen and oxygen atoms in total. The minimum Gasteiger partial charge on any atom is -0.390 e. The van der Waals surface area contributed by atoms with E-state index in [9.17, 15) is 14.1 Å². The molecule has 1 aliphatic heterocycles. The molecule has 1 N–H and O–H groups in total. The minimum absolute atomic E-state index is 0.00212. The molecule has 194 valence electrons. The van der Waals surface area contributed by atoms with Crippen molar-refractivity contribution >= 4 is 21.4 Å². The van der Waals surface area contributed by atoms with E-state index < -0.39 is 21.5 Å². The Labute approximate surface area is 206 Å². The fourth-order valence-electron chi connectivity index (χ4n) is 9.14. The van der Waals surface area contributed by atoms with Crippen LogP contribution in [0.1, 0.15) is 65.2 Å². The average Bonchev–Trinajstić information content (AvgIpc) is 3.11. The van der Waals surface area contributed by atoms with Gasteiger partial charge >= 0.3 is 0 Å². The first-order chi connectivity index (χ1) is 15.9. The first-order valence-electron chi connectivity index (χ1n) is 13.6. The lowest BCUT2D eigenvalue weighted by Crippen LogP contribution is -2.55. The van der Waals surface area contributed by atoms with Crippen LogP contribution in [0.2, 0.25) is 0 Å². The molecule has 0 bridgehead atoms. The lowest BCUT2D eigenvalue weighted by atomic mass is 9.48. The van der Waals surface area contributed by atoms with E-state index in [2.05, 4.69) is 17.7 Å². The Hall–Kier alpha value is -0.500. The molecule has 4 saturated carbocycles. The molecule has 5 fully saturated rings. The molecule has 5 aliphatic rings. The smallest absolute Gasteiger partial charge is 0.150 e. The zero-order valence-electron chi connectivity index (χ0n) is 21.4. The lowest BCUT2D eigenvalue weighted by molar-refractivity contribution is -0.139. The van der Waals surface area contributed by atoms with Crippen molar-refractivity contribution in [2.75, 3.05) is 39.0 Å². The fourth-order valence-corrected chi connectivity index (χ4v) is 10.1. The van der Waals surface area contributed by atoms with Gasteiger partial charge in [0, 0.05) is 48.1 Å². The van der Waals surface area contributed by atoms with Gasteiger partial charge in [-0.3, -0.25) is 13.9 Å². The summed E-state index contributed by atoms with van der Waals surface area (Å²) in [4.78, 5) is 15.8. The predicted molar refractivity (Wildman–Crippen MR) is 136 cm³/mol. The van der Waals surface area contributed by atoms with Crippen LogP contribution in [0.25, 0.3) is 0 Å². The van der Waals surface area contributed by atoms with Crippen molar-refractivity contribution in [3.63, 3.8) is 0 Å². The van der Waals surface area contributed by atoms with Gasteiger partial charge in [0.25, 0.3) is 0 Å². The quantitative estimate of drug-likeness (QED) is 0.606. The van der Waals surface area contributed by atoms with Gasteiger partial charge in [0.1, 0.15) is 12.0 Å². The van der Waals surface area contributed by atoms with Gasteiger partial charge in [0.05, 0.1) is 12.1 Å². The van der Waals surface area contributed by atoms with Crippen LogP contribution in [0.5, 0.6) is 0 Å². The van der Waals surface area contributed by atoms with Crippen molar-refractivity contribution in [1.82, 2.24) is 9.21 Å². The van der Waals surface area contributed by atoms with Crippen LogP contribution in [0.15, 0.2) is 0 Å². The van der Waals surface area contributed by atoms with E-state index in [1.165, 1.54) is 0 Å². The monoisotopic (exact) mass is 496 g/mol. The number of fused-ring (bicyclic) bond motifs is 5. The van der Waals surface area contributed by atoms with Crippen molar-refractivity contribution in [3.8, 4) is 0 Å². The summed E-state index contributed by atoms with van der Waals surface area (Å²) < 4.78 is 29.7. The molecule has 4 aliphatic carbocycles. The van der Waals surface area contributed by atoms with E-state index >= 15 is 4.39 Å². The van der Waals surface area contributed by atoms with E-state index in [0.29, 0.717) is 61.9 Å². The Balaban J connectivity index is 1.24. The van der Waals surface area contributed by atoms with Crippen LogP contribution in [0.4, 0.5) is 4.39 Å². The second-order valence-electron chi connectivity index (χ2n) is 13.1. The van der Waals surface area contributed by atoms with Gasteiger partial charge in [0.15, 0.2) is 0 Å². The van der Waals surface area contributed by atoms with Gasteiger partial charge in [0.2, 0.25) is 0 Å². The van der Waals surface area contributed by atoms with Gasteiger partial charge in [-0.1, -0.05) is 6.92 Å². The van der Waals surface area contributed by atoms with Crippen LogP contribution < -0.4 is 0 Å². The zero-order chi connectivity index (χ0) is 24.5. The maximum absolute atomic E-state index is 15.5. The summed E-state index contributed by atoms with van der Waals surface area (Å²) in [6, 6.07) is 0. The molecular formula is C27H45FN2O3S. The van der Waals surface area contributed by atoms with Crippen molar-refractivity contribution in [2.45, 2.75) is 77.0 Å². The summed E-state index contributed by atoms with van der Waals surface area (Å²) >= 11 is 0. The number of ketones is 1. The van der Waals surface area contributed by atoms with E-state index in [1.807, 2.05) is 11.2 Å². The average molecular weight is 497 g/mol. The molecule has 5 rings (SSSR count). The predicted octanol–water partition coefficient (Wildman–Crippen LogP) is 3.40. The number of carbonyl (C=O) groups is 1. The number of alkyl halides is 1. The molecular weight excluding hydrogens is 451 g/mol. The van der Waals surface area contributed by atoms with Crippen LogP contribution >= 0.6 is 0 Å². The molecule has 1 saturated heterocycles. The first-order valence-corrected chi connectivity index (χ1v) is 15.7. The maximum atomic E-state index is 15.5. The Bertz CT molecular complexity index is 900. The summed E-state index contributed by atoms with van der Waals surface area (Å²) in [5, 5.41) is 10.6. The van der Waals surface area contributed by atoms with Gasteiger partial charge in [-0.25, -0.2) is 8.70 Å². The van der Waals surface area contributed by atoms with Gasteiger partial charge in [-0.05, 0) is 99.2 Å². The molecule has 0 radical (unpaired) electrons. The number of piperazine rings is 1. The standard InChI is InChI=1S/C27H45FN2O3S/c1-26(32)9-7-19-18-8-10-27(2)22(20(18)15-24(28)21(19)16-26)5-6-23(27)25(31)17-29-11-13-30(14-12-29)34(3,4)33/h18-24,32H,3,5-17H2,1-2,4H3/t18-,19-,20-,21-,22+,23-,24-,26-,27+,34?/m1/s1. The highest BCUT2D eigenvalue weighted by Gasteiger charge is 2.60. The van der Waals surface area contributed by atoms with Crippen molar-refractivity contribution in [1.29, 1.82) is 0 Å². The number of Topliss-reactive ketones (excluding diaryl/α,β-unsaturated/α-hetero) is 1. The van der Waals surface area contributed by atoms with Crippen LogP contribution in [0, 0.1) is 40.9 Å². The Morgan fingerprint density at radius 3 is 2.35 bits per heavy atom. The number of hydrogen-bond donors (Lipinski definition) is 1. The third-order valence-electron chi connectivity index (χ3n) is 10.9. The largest absolute Gasteiger partial charge is 0.390 e. The summed E-state index contributed by atoms with van der Waals surface area (Å²) in [5.41, 5.74) is -0.711. The van der Waals surface area contributed by atoms with Crippen LogP contribution in [-0.4, -0.2) is 80.9 Å². The number of aliphatic hydroxyl groups is 1. The van der Waals surface area contributed by atoms with Crippen molar-refractivity contribution < 1.29 is 18.5 Å². The molecule has 1 heterocycles. The SMILES string of the molecule is C=S(C)(=O)N1CCN(CC(=O)[C@H]2CC[C@H]3[C@@H]4C[C@@H](F)[C@@H]5C[C@](C)(O)CC[C@@H]5[C@H]4CC[C@]23C)CC1. The molecule has 0 aromatic heterocycles. The Morgan fingerprint density at radius 1 is 1.03 bits per heavy atom. The Morgan fingerprint density at radius 2 is 1.68 bits per heavy atom. The Kier molecular flexibility index (Phi) is 6.52. The molecule has 0 amide bonds. The molecule has 0 aromatic rings. The second kappa shape index (κ2) is 8.81. The third kappa shape index (κ3) is 4.41. The van der Waals surface area contributed by atoms with E-state index in [0.717, 1.165) is 51.6 Å². The second-order valence-corrected chi connectivity index (χ2v) is 15.5. The highest BCUT2D eigenvalue weighted by molar-refractivity contribution is 7.97. The number of hydrogen-bond acceptors (Lipinski definition) is 4.